The lowest BCUT2D eigenvalue weighted by Crippen LogP contribution is -2.40. The second-order valence-corrected chi connectivity index (χ2v) is 5.02. The fraction of sp³-hybridized carbons (Fsp3) is 0.417. The zero-order valence-electron chi connectivity index (χ0n) is 10.6. The van der Waals surface area contributed by atoms with Crippen LogP contribution in [0.2, 0.25) is 0 Å². The molecule has 1 rings (SSSR count). The van der Waals surface area contributed by atoms with E-state index in [0.29, 0.717) is 0 Å². The van der Waals surface area contributed by atoms with Crippen LogP contribution < -0.4 is 5.32 Å². The molecule has 0 fully saturated rings. The van der Waals surface area contributed by atoms with Crippen LogP contribution in [-0.4, -0.2) is 42.9 Å². The summed E-state index contributed by atoms with van der Waals surface area (Å²) >= 11 is -0.244. The molecule has 1 amide bonds. The van der Waals surface area contributed by atoms with Gasteiger partial charge in [0, 0.05) is 17.6 Å². The summed E-state index contributed by atoms with van der Waals surface area (Å²) in [7, 11) is 1.43. The van der Waals surface area contributed by atoms with Crippen molar-refractivity contribution in [2.24, 2.45) is 0 Å². The van der Waals surface area contributed by atoms with Gasteiger partial charge in [-0.2, -0.15) is 13.2 Å². The molecule has 0 aliphatic rings. The number of amides is 1. The number of alkyl halides is 3. The number of hydrogen-bond acceptors (Lipinski definition) is 4. The number of nitrogens with one attached hydrogen (secondary N) is 1. The molecule has 112 valence electrons. The minimum Gasteiger partial charge on any atom is -0.394 e. The highest BCUT2D eigenvalue weighted by Crippen LogP contribution is 2.36. The van der Waals surface area contributed by atoms with Crippen LogP contribution in [0.4, 0.5) is 13.2 Å². The van der Waals surface area contributed by atoms with Gasteiger partial charge in [0.25, 0.3) is 5.91 Å². The molecule has 0 saturated carbocycles. The molecule has 1 atom stereocenters. The summed E-state index contributed by atoms with van der Waals surface area (Å²) < 4.78 is 41.2. The number of ether oxygens (including phenoxy) is 1. The molecule has 1 unspecified atom stereocenters. The Morgan fingerprint density at radius 2 is 2.00 bits per heavy atom. The number of thioether (sulfide) groups is 1. The molecule has 0 saturated heterocycles. The molecule has 0 aromatic heterocycles. The molecule has 0 heterocycles. The highest BCUT2D eigenvalue weighted by molar-refractivity contribution is 8.00. The lowest BCUT2D eigenvalue weighted by Gasteiger charge is -2.15. The highest BCUT2D eigenvalue weighted by Gasteiger charge is 2.29. The number of benzene rings is 1. The van der Waals surface area contributed by atoms with Gasteiger partial charge in [-0.25, -0.2) is 0 Å². The monoisotopic (exact) mass is 309 g/mol. The summed E-state index contributed by atoms with van der Waals surface area (Å²) in [6.45, 7) is -0.147. The van der Waals surface area contributed by atoms with Gasteiger partial charge in [-0.1, -0.05) is 0 Å². The Morgan fingerprint density at radius 3 is 2.45 bits per heavy atom. The Balaban J connectivity index is 2.66. The molecular formula is C12H14F3NO3S. The summed E-state index contributed by atoms with van der Waals surface area (Å²) in [4.78, 5) is 11.8. The van der Waals surface area contributed by atoms with Crippen LogP contribution >= 0.6 is 11.8 Å². The molecule has 8 heteroatoms. The Morgan fingerprint density at radius 1 is 1.40 bits per heavy atom. The first-order chi connectivity index (χ1) is 9.35. The Hall–Kier alpha value is -1.25. The SMILES string of the molecule is COCC(CO)NC(=O)c1ccc(SC(F)(F)F)cc1. The Bertz CT molecular complexity index is 437. The van der Waals surface area contributed by atoms with Crippen molar-refractivity contribution in [1.29, 1.82) is 0 Å². The van der Waals surface area contributed by atoms with E-state index >= 15 is 0 Å². The van der Waals surface area contributed by atoms with Gasteiger partial charge in [0.05, 0.1) is 19.3 Å². The zero-order valence-corrected chi connectivity index (χ0v) is 11.4. The van der Waals surface area contributed by atoms with E-state index in [1.165, 1.54) is 31.4 Å². The van der Waals surface area contributed by atoms with E-state index in [1.807, 2.05) is 0 Å². The number of aliphatic hydroxyl groups excluding tert-OH is 1. The number of rotatable bonds is 6. The Kier molecular flexibility index (Phi) is 6.31. The Labute approximate surface area is 118 Å². The zero-order chi connectivity index (χ0) is 15.2. The molecule has 2 N–H and O–H groups in total. The van der Waals surface area contributed by atoms with E-state index in [-0.39, 0.29) is 35.4 Å². The third-order valence-electron chi connectivity index (χ3n) is 2.27. The van der Waals surface area contributed by atoms with Gasteiger partial charge in [0.15, 0.2) is 0 Å². The van der Waals surface area contributed by atoms with Crippen LogP contribution in [0, 0.1) is 0 Å². The molecule has 0 radical (unpaired) electrons. The summed E-state index contributed by atoms with van der Waals surface area (Å²) in [5, 5.41) is 11.5. The van der Waals surface area contributed by atoms with Crippen LogP contribution in [0.1, 0.15) is 10.4 Å². The fourth-order valence-corrected chi connectivity index (χ4v) is 1.96. The molecular weight excluding hydrogens is 295 g/mol. The van der Waals surface area contributed by atoms with Crippen LogP contribution in [0.5, 0.6) is 0 Å². The van der Waals surface area contributed by atoms with Crippen molar-refractivity contribution in [2.45, 2.75) is 16.4 Å². The van der Waals surface area contributed by atoms with E-state index in [4.69, 9.17) is 9.84 Å². The van der Waals surface area contributed by atoms with Gasteiger partial charge in [-0.3, -0.25) is 4.79 Å². The first-order valence-corrected chi connectivity index (χ1v) is 6.44. The van der Waals surface area contributed by atoms with Gasteiger partial charge in [0.2, 0.25) is 0 Å². The first-order valence-electron chi connectivity index (χ1n) is 5.62. The number of carbonyl (C=O) groups is 1. The lowest BCUT2D eigenvalue weighted by molar-refractivity contribution is -0.0328. The average Bonchev–Trinajstić information content (AvgIpc) is 2.37. The molecule has 0 aliphatic carbocycles. The number of methoxy groups -OCH3 is 1. The van der Waals surface area contributed by atoms with E-state index in [2.05, 4.69) is 5.32 Å². The summed E-state index contributed by atoms with van der Waals surface area (Å²) in [6, 6.07) is 4.47. The maximum Gasteiger partial charge on any atom is 0.446 e. The van der Waals surface area contributed by atoms with Crippen LogP contribution in [0.3, 0.4) is 0 Å². The topological polar surface area (TPSA) is 58.6 Å². The van der Waals surface area contributed by atoms with Crippen LogP contribution in [-0.2, 0) is 4.74 Å². The minimum atomic E-state index is -4.36. The van der Waals surface area contributed by atoms with Crippen molar-refractivity contribution >= 4 is 17.7 Å². The predicted octanol–water partition coefficient (Wildman–Crippen LogP) is 2.04. The molecule has 20 heavy (non-hydrogen) atoms. The van der Waals surface area contributed by atoms with Gasteiger partial charge in [0.1, 0.15) is 0 Å². The lowest BCUT2D eigenvalue weighted by atomic mass is 10.2. The average molecular weight is 309 g/mol. The second kappa shape index (κ2) is 7.51. The normalized spacial score (nSPS) is 13.1. The summed E-state index contributed by atoms with van der Waals surface area (Å²) in [5.74, 6) is -0.482. The van der Waals surface area contributed by atoms with Crippen molar-refractivity contribution < 1.29 is 27.8 Å². The van der Waals surface area contributed by atoms with Crippen molar-refractivity contribution in [3.05, 3.63) is 29.8 Å². The quantitative estimate of drug-likeness (QED) is 0.790. The van der Waals surface area contributed by atoms with Crippen molar-refractivity contribution in [3.8, 4) is 0 Å². The molecule has 1 aromatic rings. The summed E-state index contributed by atoms with van der Waals surface area (Å²) in [5.41, 5.74) is -4.14. The van der Waals surface area contributed by atoms with Gasteiger partial charge in [-0.15, -0.1) is 0 Å². The molecule has 1 aromatic carbocycles. The van der Waals surface area contributed by atoms with Gasteiger partial charge < -0.3 is 15.2 Å². The number of halogens is 3. The smallest absolute Gasteiger partial charge is 0.394 e. The van der Waals surface area contributed by atoms with Gasteiger partial charge in [-0.05, 0) is 36.0 Å². The summed E-state index contributed by atoms with van der Waals surface area (Å²) in [6.07, 6.45) is 0. The molecule has 0 aliphatic heterocycles. The van der Waals surface area contributed by atoms with Crippen LogP contribution in [0.15, 0.2) is 29.2 Å². The van der Waals surface area contributed by atoms with Crippen molar-refractivity contribution in [2.75, 3.05) is 20.3 Å². The molecule has 0 bridgehead atoms. The second-order valence-electron chi connectivity index (χ2n) is 3.88. The maximum absolute atomic E-state index is 12.1. The first kappa shape index (κ1) is 16.8. The largest absolute Gasteiger partial charge is 0.446 e. The number of aliphatic hydroxyl groups is 1. The molecule has 0 spiro atoms. The number of hydrogen-bond donors (Lipinski definition) is 2. The fourth-order valence-electron chi connectivity index (χ4n) is 1.42. The van der Waals surface area contributed by atoms with Gasteiger partial charge >= 0.3 is 5.51 Å². The van der Waals surface area contributed by atoms with E-state index < -0.39 is 17.5 Å². The van der Waals surface area contributed by atoms with Crippen LogP contribution in [0.25, 0.3) is 0 Å². The number of carbonyl (C=O) groups excluding carboxylic acids is 1. The predicted molar refractivity (Wildman–Crippen MR) is 68.6 cm³/mol. The van der Waals surface area contributed by atoms with E-state index in [0.717, 1.165) is 0 Å². The van der Waals surface area contributed by atoms with E-state index in [1.54, 1.807) is 0 Å². The van der Waals surface area contributed by atoms with E-state index in [9.17, 15) is 18.0 Å². The third kappa shape index (κ3) is 5.81. The van der Waals surface area contributed by atoms with Crippen molar-refractivity contribution in [3.63, 3.8) is 0 Å². The highest BCUT2D eigenvalue weighted by atomic mass is 32.2. The third-order valence-corrected chi connectivity index (χ3v) is 3.01. The molecule has 4 nitrogen and oxygen atoms in total. The standard InChI is InChI=1S/C12H14F3NO3S/c1-19-7-9(6-17)16-11(18)8-2-4-10(5-3-8)20-12(13,14)15/h2-5,9,17H,6-7H2,1H3,(H,16,18). The van der Waals surface area contributed by atoms with Crippen molar-refractivity contribution in [1.82, 2.24) is 5.32 Å². The minimum absolute atomic E-state index is 0.00431. The maximum atomic E-state index is 12.1.